The molecular weight excluding hydrogens is 222 g/mol. The van der Waals surface area contributed by atoms with E-state index in [1.54, 1.807) is 0 Å². The van der Waals surface area contributed by atoms with E-state index in [0.717, 1.165) is 6.54 Å². The van der Waals surface area contributed by atoms with Crippen LogP contribution in [0.2, 0.25) is 0 Å². The molecule has 0 fully saturated rings. The van der Waals surface area contributed by atoms with Crippen molar-refractivity contribution >= 4 is 17.6 Å². The molecule has 1 heterocycles. The Morgan fingerprint density at radius 1 is 1.12 bits per heavy atom. The van der Waals surface area contributed by atoms with Crippen LogP contribution in [0.4, 0.5) is 5.69 Å². The molecule has 5 nitrogen and oxygen atoms in total. The Hall–Kier alpha value is -2.30. The SMILES string of the molecule is O=C(O)C=CC(=O)O.c1ccc2c(c1)CCN2. The number of carboxylic acids is 2. The summed E-state index contributed by atoms with van der Waals surface area (Å²) in [6.45, 7) is 1.11. The fourth-order valence-corrected chi connectivity index (χ4v) is 1.39. The van der Waals surface area contributed by atoms with Gasteiger partial charge in [-0.1, -0.05) is 18.2 Å². The van der Waals surface area contributed by atoms with Crippen LogP contribution in [0.25, 0.3) is 0 Å². The van der Waals surface area contributed by atoms with E-state index in [0.29, 0.717) is 12.2 Å². The van der Waals surface area contributed by atoms with Crippen molar-refractivity contribution in [2.75, 3.05) is 11.9 Å². The highest BCUT2D eigenvalue weighted by atomic mass is 16.4. The lowest BCUT2D eigenvalue weighted by atomic mass is 10.2. The molecule has 0 spiro atoms. The summed E-state index contributed by atoms with van der Waals surface area (Å²) in [4.78, 5) is 19.1. The molecule has 1 aromatic carbocycles. The molecule has 90 valence electrons. The average molecular weight is 235 g/mol. The second-order valence-corrected chi connectivity index (χ2v) is 3.34. The van der Waals surface area contributed by atoms with Gasteiger partial charge in [-0.2, -0.15) is 0 Å². The van der Waals surface area contributed by atoms with E-state index in [-0.39, 0.29) is 0 Å². The first kappa shape index (κ1) is 12.8. The third-order valence-corrected chi connectivity index (χ3v) is 2.10. The smallest absolute Gasteiger partial charge is 0.328 e. The maximum absolute atomic E-state index is 9.55. The minimum Gasteiger partial charge on any atom is -0.478 e. The summed E-state index contributed by atoms with van der Waals surface area (Å²) < 4.78 is 0. The Labute approximate surface area is 98.4 Å². The number of anilines is 1. The molecule has 5 heteroatoms. The molecule has 1 aromatic rings. The summed E-state index contributed by atoms with van der Waals surface area (Å²) in [5, 5.41) is 18.9. The Morgan fingerprint density at radius 2 is 1.71 bits per heavy atom. The zero-order chi connectivity index (χ0) is 12.7. The summed E-state index contributed by atoms with van der Waals surface area (Å²) in [5.41, 5.74) is 2.77. The largest absolute Gasteiger partial charge is 0.478 e. The number of carbonyl (C=O) groups is 2. The number of fused-ring (bicyclic) bond motifs is 1. The number of hydrogen-bond acceptors (Lipinski definition) is 3. The molecule has 3 N–H and O–H groups in total. The van der Waals surface area contributed by atoms with Crippen molar-refractivity contribution in [3.8, 4) is 0 Å². The first-order chi connectivity index (χ1) is 8.09. The Kier molecular flexibility index (Phi) is 4.75. The van der Waals surface area contributed by atoms with Crippen LogP contribution >= 0.6 is 0 Å². The molecule has 0 atom stereocenters. The zero-order valence-electron chi connectivity index (χ0n) is 9.09. The second-order valence-electron chi connectivity index (χ2n) is 3.34. The maximum Gasteiger partial charge on any atom is 0.328 e. The van der Waals surface area contributed by atoms with Gasteiger partial charge in [0.15, 0.2) is 0 Å². The Balaban J connectivity index is 0.000000172. The monoisotopic (exact) mass is 235 g/mol. The second kappa shape index (κ2) is 6.32. The van der Waals surface area contributed by atoms with Crippen molar-refractivity contribution in [3.63, 3.8) is 0 Å². The van der Waals surface area contributed by atoms with E-state index in [1.807, 2.05) is 0 Å². The molecule has 0 unspecified atom stereocenters. The van der Waals surface area contributed by atoms with Crippen molar-refractivity contribution in [2.45, 2.75) is 6.42 Å². The molecule has 17 heavy (non-hydrogen) atoms. The highest BCUT2D eigenvalue weighted by Gasteiger charge is 2.05. The molecular formula is C12H13NO4. The van der Waals surface area contributed by atoms with E-state index in [4.69, 9.17) is 10.2 Å². The van der Waals surface area contributed by atoms with Crippen LogP contribution in [-0.4, -0.2) is 28.7 Å². The van der Waals surface area contributed by atoms with E-state index in [1.165, 1.54) is 17.7 Å². The topological polar surface area (TPSA) is 86.6 Å². The minimum atomic E-state index is -1.26. The van der Waals surface area contributed by atoms with Crippen LogP contribution in [0, 0.1) is 0 Å². The van der Waals surface area contributed by atoms with E-state index < -0.39 is 11.9 Å². The highest BCUT2D eigenvalue weighted by Crippen LogP contribution is 2.19. The van der Waals surface area contributed by atoms with Crippen molar-refractivity contribution in [2.24, 2.45) is 0 Å². The Bertz CT molecular complexity index is 401. The summed E-state index contributed by atoms with van der Waals surface area (Å²) in [5.74, 6) is -2.51. The maximum atomic E-state index is 9.55. The van der Waals surface area contributed by atoms with Crippen LogP contribution < -0.4 is 5.32 Å². The number of carboxylic acid groups (broad SMARTS) is 2. The van der Waals surface area contributed by atoms with Gasteiger partial charge in [-0.25, -0.2) is 9.59 Å². The number of nitrogens with one attached hydrogen (secondary N) is 1. The number of benzene rings is 1. The zero-order valence-corrected chi connectivity index (χ0v) is 9.09. The van der Waals surface area contributed by atoms with Crippen molar-refractivity contribution in [1.29, 1.82) is 0 Å². The van der Waals surface area contributed by atoms with Crippen LogP contribution in [-0.2, 0) is 16.0 Å². The molecule has 0 radical (unpaired) electrons. The molecule has 0 aliphatic carbocycles. The van der Waals surface area contributed by atoms with Crippen molar-refractivity contribution in [3.05, 3.63) is 42.0 Å². The molecule has 0 saturated heterocycles. The van der Waals surface area contributed by atoms with Gasteiger partial charge in [-0.3, -0.25) is 0 Å². The first-order valence-corrected chi connectivity index (χ1v) is 5.05. The van der Waals surface area contributed by atoms with Gasteiger partial charge in [0.05, 0.1) is 0 Å². The fraction of sp³-hybridized carbons (Fsp3) is 0.167. The van der Waals surface area contributed by atoms with Crippen molar-refractivity contribution < 1.29 is 19.8 Å². The van der Waals surface area contributed by atoms with E-state index in [2.05, 4.69) is 29.6 Å². The van der Waals surface area contributed by atoms with Gasteiger partial charge in [0.2, 0.25) is 0 Å². The van der Waals surface area contributed by atoms with Crippen molar-refractivity contribution in [1.82, 2.24) is 0 Å². The predicted molar refractivity (Wildman–Crippen MR) is 63.0 cm³/mol. The molecule has 1 aliphatic heterocycles. The van der Waals surface area contributed by atoms with Gasteiger partial charge in [0, 0.05) is 24.4 Å². The summed E-state index contributed by atoms with van der Waals surface area (Å²) >= 11 is 0. The molecule has 0 amide bonds. The summed E-state index contributed by atoms with van der Waals surface area (Å²) in [6.07, 6.45) is 2.31. The quantitative estimate of drug-likeness (QED) is 0.674. The molecule has 0 bridgehead atoms. The summed E-state index contributed by atoms with van der Waals surface area (Å²) in [6, 6.07) is 8.46. The van der Waals surface area contributed by atoms with E-state index in [9.17, 15) is 9.59 Å². The Morgan fingerprint density at radius 3 is 2.24 bits per heavy atom. The molecule has 2 rings (SSSR count). The average Bonchev–Trinajstić information content (AvgIpc) is 2.75. The summed E-state index contributed by atoms with van der Waals surface area (Å²) in [7, 11) is 0. The van der Waals surface area contributed by atoms with Gasteiger partial charge < -0.3 is 15.5 Å². The van der Waals surface area contributed by atoms with Crippen LogP contribution in [0.1, 0.15) is 5.56 Å². The standard InChI is InChI=1S/C8H9N.C4H4O4/c1-2-4-8-7(3-1)5-6-9-8;5-3(6)1-2-4(7)8/h1-4,9H,5-6H2;1-2H,(H,5,6)(H,7,8). The first-order valence-electron chi connectivity index (χ1n) is 5.05. The predicted octanol–water partition coefficient (Wildman–Crippen LogP) is 1.37. The van der Waals surface area contributed by atoms with Gasteiger partial charge in [0.1, 0.15) is 0 Å². The molecule has 1 aliphatic rings. The van der Waals surface area contributed by atoms with Gasteiger partial charge >= 0.3 is 11.9 Å². The number of aliphatic carboxylic acids is 2. The number of hydrogen-bond donors (Lipinski definition) is 3. The van der Waals surface area contributed by atoms with Gasteiger partial charge in [0.25, 0.3) is 0 Å². The lowest BCUT2D eigenvalue weighted by Crippen LogP contribution is -1.91. The van der Waals surface area contributed by atoms with E-state index >= 15 is 0 Å². The van der Waals surface area contributed by atoms with Crippen LogP contribution in [0.15, 0.2) is 36.4 Å². The molecule has 0 saturated carbocycles. The lowest BCUT2D eigenvalue weighted by Gasteiger charge is -1.94. The third kappa shape index (κ3) is 4.83. The normalized spacial score (nSPS) is 12.2. The minimum absolute atomic E-state index is 0.558. The fourth-order valence-electron chi connectivity index (χ4n) is 1.39. The number of para-hydroxylation sites is 1. The van der Waals surface area contributed by atoms with Gasteiger partial charge in [-0.05, 0) is 18.1 Å². The lowest BCUT2D eigenvalue weighted by molar-refractivity contribution is -0.134. The molecule has 0 aromatic heterocycles. The van der Waals surface area contributed by atoms with Crippen LogP contribution in [0.3, 0.4) is 0 Å². The highest BCUT2D eigenvalue weighted by molar-refractivity contribution is 5.89. The third-order valence-electron chi connectivity index (χ3n) is 2.10. The van der Waals surface area contributed by atoms with Crippen LogP contribution in [0.5, 0.6) is 0 Å². The number of rotatable bonds is 2. The van der Waals surface area contributed by atoms with Gasteiger partial charge in [-0.15, -0.1) is 0 Å².